The highest BCUT2D eigenvalue weighted by molar-refractivity contribution is 6.32. The van der Waals surface area contributed by atoms with Crippen molar-refractivity contribution in [3.05, 3.63) is 27.8 Å². The third kappa shape index (κ3) is 2.99. The van der Waals surface area contributed by atoms with Crippen LogP contribution in [0.4, 0.5) is 0 Å². The molecule has 0 saturated heterocycles. The van der Waals surface area contributed by atoms with Crippen LogP contribution in [-0.4, -0.2) is 19.4 Å². The molecule has 0 spiro atoms. The summed E-state index contributed by atoms with van der Waals surface area (Å²) in [6, 6.07) is 1.80. The summed E-state index contributed by atoms with van der Waals surface area (Å²) >= 11 is 6.16. The Morgan fingerprint density at radius 1 is 1.47 bits per heavy atom. The normalized spacial score (nSPS) is 10.4. The first-order chi connectivity index (χ1) is 8.02. The Hall–Kier alpha value is -1.06. The van der Waals surface area contributed by atoms with E-state index in [2.05, 4.69) is 0 Å². The van der Waals surface area contributed by atoms with Crippen LogP contribution in [0.3, 0.4) is 0 Å². The molecular formula is C13H18ClNO2. The van der Waals surface area contributed by atoms with E-state index in [4.69, 9.17) is 22.1 Å². The lowest BCUT2D eigenvalue weighted by Gasteiger charge is -2.14. The molecule has 0 heterocycles. The van der Waals surface area contributed by atoms with E-state index in [1.165, 1.54) is 0 Å². The predicted molar refractivity (Wildman–Crippen MR) is 70.1 cm³/mol. The molecule has 0 aromatic heterocycles. The smallest absolute Gasteiger partial charge is 0.166 e. The third-order valence-electron chi connectivity index (χ3n) is 2.75. The molecule has 0 aliphatic rings. The van der Waals surface area contributed by atoms with Crippen molar-refractivity contribution < 1.29 is 9.53 Å². The maximum atomic E-state index is 12.1. The molecule has 0 radical (unpaired) electrons. The van der Waals surface area contributed by atoms with Gasteiger partial charge in [-0.05, 0) is 44.0 Å². The fraction of sp³-hybridized carbons (Fsp3) is 0.462. The first-order valence-electron chi connectivity index (χ1n) is 5.59. The van der Waals surface area contributed by atoms with Gasteiger partial charge in [0, 0.05) is 11.4 Å². The second kappa shape index (κ2) is 6.03. The number of halogens is 1. The van der Waals surface area contributed by atoms with Crippen molar-refractivity contribution in [1.82, 2.24) is 0 Å². The highest BCUT2D eigenvalue weighted by Gasteiger charge is 2.18. The Morgan fingerprint density at radius 3 is 2.65 bits per heavy atom. The molecule has 0 aliphatic heterocycles. The monoisotopic (exact) mass is 255 g/mol. The van der Waals surface area contributed by atoms with Crippen LogP contribution in [0.25, 0.3) is 0 Å². The Bertz CT molecular complexity index is 430. The molecule has 0 atom stereocenters. The first kappa shape index (κ1) is 14.0. The number of benzene rings is 1. The van der Waals surface area contributed by atoms with Gasteiger partial charge in [-0.15, -0.1) is 0 Å². The molecule has 4 heteroatoms. The van der Waals surface area contributed by atoms with Gasteiger partial charge in [0.1, 0.15) is 5.75 Å². The van der Waals surface area contributed by atoms with Gasteiger partial charge in [-0.25, -0.2) is 0 Å². The first-order valence-corrected chi connectivity index (χ1v) is 5.97. The molecule has 1 aromatic carbocycles. The van der Waals surface area contributed by atoms with Crippen molar-refractivity contribution in [2.45, 2.75) is 26.7 Å². The lowest BCUT2D eigenvalue weighted by Crippen LogP contribution is -2.09. The van der Waals surface area contributed by atoms with Gasteiger partial charge in [0.15, 0.2) is 5.78 Å². The summed E-state index contributed by atoms with van der Waals surface area (Å²) in [5, 5.41) is 0.627. The summed E-state index contributed by atoms with van der Waals surface area (Å²) in [4.78, 5) is 12.1. The minimum Gasteiger partial charge on any atom is -0.496 e. The van der Waals surface area contributed by atoms with Gasteiger partial charge in [-0.3, -0.25) is 4.79 Å². The molecule has 1 aromatic rings. The van der Waals surface area contributed by atoms with Crippen LogP contribution < -0.4 is 10.5 Å². The lowest BCUT2D eigenvalue weighted by molar-refractivity contribution is 0.0977. The Kier molecular flexibility index (Phi) is 4.97. The average Bonchev–Trinajstić information content (AvgIpc) is 2.32. The fourth-order valence-electron chi connectivity index (χ4n) is 1.82. The van der Waals surface area contributed by atoms with E-state index in [-0.39, 0.29) is 5.78 Å². The Balaban J connectivity index is 3.21. The Morgan fingerprint density at radius 2 is 2.12 bits per heavy atom. The van der Waals surface area contributed by atoms with E-state index in [1.54, 1.807) is 13.2 Å². The SMILES string of the molecule is COc1cc(C)c(Cl)c(C)c1C(=O)CCCN. The zero-order chi connectivity index (χ0) is 13.0. The topological polar surface area (TPSA) is 52.3 Å². The summed E-state index contributed by atoms with van der Waals surface area (Å²) in [5.74, 6) is 0.623. The molecule has 0 unspecified atom stereocenters. The van der Waals surface area contributed by atoms with E-state index in [0.717, 1.165) is 11.1 Å². The van der Waals surface area contributed by atoms with Crippen molar-refractivity contribution in [3.63, 3.8) is 0 Å². The van der Waals surface area contributed by atoms with E-state index in [0.29, 0.717) is 35.7 Å². The van der Waals surface area contributed by atoms with Crippen LogP contribution in [-0.2, 0) is 0 Å². The molecule has 17 heavy (non-hydrogen) atoms. The maximum absolute atomic E-state index is 12.1. The van der Waals surface area contributed by atoms with Crippen LogP contribution >= 0.6 is 11.6 Å². The predicted octanol–water partition coefficient (Wildman–Crippen LogP) is 2.89. The summed E-state index contributed by atoms with van der Waals surface area (Å²) in [7, 11) is 1.56. The molecule has 94 valence electrons. The standard InChI is InChI=1S/C13H18ClNO2/c1-8-7-11(17-3)12(9(2)13(8)14)10(16)5-4-6-15/h7H,4-6,15H2,1-3H3. The summed E-state index contributed by atoms with van der Waals surface area (Å²) in [6.07, 6.45) is 1.10. The van der Waals surface area contributed by atoms with Gasteiger partial charge >= 0.3 is 0 Å². The van der Waals surface area contributed by atoms with Gasteiger partial charge in [-0.1, -0.05) is 11.6 Å². The van der Waals surface area contributed by atoms with Crippen LogP contribution in [0.2, 0.25) is 5.02 Å². The zero-order valence-corrected chi connectivity index (χ0v) is 11.2. The summed E-state index contributed by atoms with van der Waals surface area (Å²) in [5.41, 5.74) is 7.68. The number of ether oxygens (including phenoxy) is 1. The van der Waals surface area contributed by atoms with Gasteiger partial charge in [0.25, 0.3) is 0 Å². The number of methoxy groups -OCH3 is 1. The number of rotatable bonds is 5. The minimum atomic E-state index is 0.0340. The minimum absolute atomic E-state index is 0.0340. The molecule has 0 bridgehead atoms. The fourth-order valence-corrected chi connectivity index (χ4v) is 1.97. The van der Waals surface area contributed by atoms with Crippen molar-refractivity contribution in [1.29, 1.82) is 0 Å². The Labute approximate surface area is 107 Å². The zero-order valence-electron chi connectivity index (χ0n) is 10.5. The van der Waals surface area contributed by atoms with E-state index in [9.17, 15) is 4.79 Å². The second-order valence-corrected chi connectivity index (χ2v) is 4.40. The highest BCUT2D eigenvalue weighted by Crippen LogP contribution is 2.32. The molecule has 0 aliphatic carbocycles. The number of carbonyl (C=O) groups excluding carboxylic acids is 1. The van der Waals surface area contributed by atoms with E-state index in [1.807, 2.05) is 13.8 Å². The number of hydrogen-bond donors (Lipinski definition) is 1. The number of Topliss-reactive ketones (excluding diaryl/α,β-unsaturated/α-hetero) is 1. The quantitative estimate of drug-likeness (QED) is 0.823. The second-order valence-electron chi connectivity index (χ2n) is 4.03. The molecular weight excluding hydrogens is 238 g/mol. The summed E-state index contributed by atoms with van der Waals surface area (Å²) in [6.45, 7) is 4.24. The van der Waals surface area contributed by atoms with E-state index >= 15 is 0 Å². The van der Waals surface area contributed by atoms with Crippen molar-refractivity contribution in [2.24, 2.45) is 5.73 Å². The third-order valence-corrected chi connectivity index (χ3v) is 3.33. The summed E-state index contributed by atoms with van der Waals surface area (Å²) < 4.78 is 5.25. The van der Waals surface area contributed by atoms with Gasteiger partial charge < -0.3 is 10.5 Å². The van der Waals surface area contributed by atoms with Crippen LogP contribution in [0, 0.1) is 13.8 Å². The molecule has 3 nitrogen and oxygen atoms in total. The van der Waals surface area contributed by atoms with Crippen LogP contribution in [0.1, 0.15) is 34.3 Å². The number of hydrogen-bond acceptors (Lipinski definition) is 3. The van der Waals surface area contributed by atoms with Crippen molar-refractivity contribution in [2.75, 3.05) is 13.7 Å². The van der Waals surface area contributed by atoms with E-state index < -0.39 is 0 Å². The molecule has 2 N–H and O–H groups in total. The van der Waals surface area contributed by atoms with Gasteiger partial charge in [0.2, 0.25) is 0 Å². The average molecular weight is 256 g/mol. The van der Waals surface area contributed by atoms with Gasteiger partial charge in [0.05, 0.1) is 12.7 Å². The largest absolute Gasteiger partial charge is 0.496 e. The number of carbonyl (C=O) groups is 1. The number of ketones is 1. The molecule has 0 saturated carbocycles. The number of aryl methyl sites for hydroxylation is 1. The van der Waals surface area contributed by atoms with Gasteiger partial charge in [-0.2, -0.15) is 0 Å². The molecule has 0 fully saturated rings. The van der Waals surface area contributed by atoms with Crippen molar-refractivity contribution in [3.8, 4) is 5.75 Å². The maximum Gasteiger partial charge on any atom is 0.166 e. The van der Waals surface area contributed by atoms with Crippen LogP contribution in [0.15, 0.2) is 6.07 Å². The highest BCUT2D eigenvalue weighted by atomic mass is 35.5. The molecule has 1 rings (SSSR count). The van der Waals surface area contributed by atoms with Crippen molar-refractivity contribution >= 4 is 17.4 Å². The van der Waals surface area contributed by atoms with Crippen LogP contribution in [0.5, 0.6) is 5.75 Å². The molecule has 0 amide bonds. The lowest BCUT2D eigenvalue weighted by atomic mass is 9.98. The number of nitrogens with two attached hydrogens (primary N) is 1.